The maximum atomic E-state index is 10.0. The van der Waals surface area contributed by atoms with Gasteiger partial charge in [-0.2, -0.15) is 0 Å². The molecule has 3 nitrogen and oxygen atoms in total. The van der Waals surface area contributed by atoms with Crippen molar-refractivity contribution in [2.24, 2.45) is 0 Å². The minimum atomic E-state index is 0.592. The molecule has 0 atom stereocenters. The molecular weight excluding hydrogens is 152 g/mol. The average Bonchev–Trinajstić information content (AvgIpc) is 2.09. The molecule has 0 spiro atoms. The Labute approximate surface area is 71.6 Å². The summed E-state index contributed by atoms with van der Waals surface area (Å²) in [6.07, 6.45) is 6.61. The fourth-order valence-electron chi connectivity index (χ4n) is 1.02. The Morgan fingerprint density at radius 2 is 2.42 bits per heavy atom. The van der Waals surface area contributed by atoms with Gasteiger partial charge in [0.15, 0.2) is 0 Å². The van der Waals surface area contributed by atoms with Crippen molar-refractivity contribution in [2.75, 3.05) is 5.73 Å². The van der Waals surface area contributed by atoms with Gasteiger partial charge in [-0.15, -0.1) is 0 Å². The molecule has 0 saturated carbocycles. The molecule has 3 heteroatoms. The number of anilines is 1. The van der Waals surface area contributed by atoms with Gasteiger partial charge >= 0.3 is 0 Å². The first-order valence-corrected chi connectivity index (χ1v) is 3.96. The highest BCUT2D eigenvalue weighted by molar-refractivity contribution is 5.49. The summed E-state index contributed by atoms with van der Waals surface area (Å²) in [5.74, 6) is 0. The molecule has 0 saturated heterocycles. The lowest BCUT2D eigenvalue weighted by molar-refractivity contribution is -0.107. The molecule has 0 bridgehead atoms. The highest BCUT2D eigenvalue weighted by atomic mass is 16.1. The number of hydrogen-bond donors (Lipinski definition) is 1. The van der Waals surface area contributed by atoms with Crippen molar-refractivity contribution >= 4 is 12.0 Å². The third kappa shape index (κ3) is 2.34. The van der Waals surface area contributed by atoms with Crippen LogP contribution in [0, 0.1) is 0 Å². The number of aromatic nitrogens is 1. The molecule has 0 aliphatic rings. The normalized spacial score (nSPS) is 9.67. The van der Waals surface area contributed by atoms with Gasteiger partial charge in [0.05, 0.1) is 0 Å². The summed E-state index contributed by atoms with van der Waals surface area (Å²) in [5.41, 5.74) is 7.46. The van der Waals surface area contributed by atoms with Crippen LogP contribution in [0.2, 0.25) is 0 Å². The second-order valence-corrected chi connectivity index (χ2v) is 2.63. The van der Waals surface area contributed by atoms with E-state index in [1.165, 1.54) is 0 Å². The van der Waals surface area contributed by atoms with Crippen LogP contribution in [0.15, 0.2) is 18.5 Å². The molecule has 0 aliphatic carbocycles. The number of hydrogen-bond acceptors (Lipinski definition) is 3. The summed E-state index contributed by atoms with van der Waals surface area (Å²) in [6, 6.07) is 1.77. The van der Waals surface area contributed by atoms with Crippen LogP contribution >= 0.6 is 0 Å². The van der Waals surface area contributed by atoms with Gasteiger partial charge in [0.25, 0.3) is 0 Å². The van der Waals surface area contributed by atoms with Gasteiger partial charge in [0, 0.05) is 24.5 Å². The smallest absolute Gasteiger partial charge is 0.120 e. The first-order chi connectivity index (χ1) is 5.84. The Morgan fingerprint density at radius 3 is 3.08 bits per heavy atom. The van der Waals surface area contributed by atoms with Crippen molar-refractivity contribution < 1.29 is 4.79 Å². The lowest BCUT2D eigenvalue weighted by Crippen LogP contribution is -1.95. The van der Waals surface area contributed by atoms with Crippen molar-refractivity contribution in [3.8, 4) is 0 Å². The predicted octanol–water partition coefficient (Wildman–Crippen LogP) is 1.19. The molecule has 1 rings (SSSR count). The van der Waals surface area contributed by atoms with E-state index in [2.05, 4.69) is 4.98 Å². The topological polar surface area (TPSA) is 56.0 Å². The highest BCUT2D eigenvalue weighted by Crippen LogP contribution is 2.11. The first-order valence-electron chi connectivity index (χ1n) is 3.96. The summed E-state index contributed by atoms with van der Waals surface area (Å²) < 4.78 is 0. The maximum Gasteiger partial charge on any atom is 0.120 e. The molecule has 1 heterocycles. The first kappa shape index (κ1) is 8.71. The van der Waals surface area contributed by atoms with Gasteiger partial charge < -0.3 is 10.5 Å². The van der Waals surface area contributed by atoms with Gasteiger partial charge in [-0.25, -0.2) is 0 Å². The van der Waals surface area contributed by atoms with E-state index in [1.807, 2.05) is 0 Å². The van der Waals surface area contributed by atoms with Crippen LogP contribution in [0.3, 0.4) is 0 Å². The van der Waals surface area contributed by atoms with Crippen molar-refractivity contribution in [3.63, 3.8) is 0 Å². The van der Waals surface area contributed by atoms with Crippen molar-refractivity contribution in [1.82, 2.24) is 4.98 Å². The monoisotopic (exact) mass is 164 g/mol. The summed E-state index contributed by atoms with van der Waals surface area (Å²) in [7, 11) is 0. The molecule has 0 aliphatic heterocycles. The standard InChI is InChI=1S/C9H12N2O/c10-9-4-5-11-7-8(9)3-1-2-6-12/h4-7H,1-3H2,(H2,10,11). The molecule has 1 aromatic heterocycles. The Bertz CT molecular complexity index is 260. The predicted molar refractivity (Wildman–Crippen MR) is 47.7 cm³/mol. The number of rotatable bonds is 4. The van der Waals surface area contributed by atoms with E-state index in [0.717, 1.165) is 30.4 Å². The molecule has 2 N–H and O–H groups in total. The quantitative estimate of drug-likeness (QED) is 0.537. The van der Waals surface area contributed by atoms with E-state index >= 15 is 0 Å². The highest BCUT2D eigenvalue weighted by Gasteiger charge is 1.96. The largest absolute Gasteiger partial charge is 0.398 e. The van der Waals surface area contributed by atoms with E-state index in [0.29, 0.717) is 6.42 Å². The number of aldehydes is 1. The van der Waals surface area contributed by atoms with Gasteiger partial charge in [-0.05, 0) is 24.5 Å². The number of nitrogen functional groups attached to an aromatic ring is 1. The second-order valence-electron chi connectivity index (χ2n) is 2.63. The molecule has 0 radical (unpaired) electrons. The van der Waals surface area contributed by atoms with Crippen LogP contribution in [0.5, 0.6) is 0 Å². The fourth-order valence-corrected chi connectivity index (χ4v) is 1.02. The zero-order valence-corrected chi connectivity index (χ0v) is 6.86. The average molecular weight is 164 g/mol. The number of aryl methyl sites for hydroxylation is 1. The van der Waals surface area contributed by atoms with E-state index < -0.39 is 0 Å². The van der Waals surface area contributed by atoms with Gasteiger partial charge in [0.1, 0.15) is 6.29 Å². The summed E-state index contributed by atoms with van der Waals surface area (Å²) in [5, 5.41) is 0. The third-order valence-corrected chi connectivity index (χ3v) is 1.71. The van der Waals surface area contributed by atoms with Gasteiger partial charge in [-0.3, -0.25) is 4.98 Å². The lowest BCUT2D eigenvalue weighted by atomic mass is 10.1. The van der Waals surface area contributed by atoms with Crippen LogP contribution < -0.4 is 5.73 Å². The minimum absolute atomic E-state index is 0.592. The minimum Gasteiger partial charge on any atom is -0.398 e. The maximum absolute atomic E-state index is 10.0. The molecule has 0 amide bonds. The number of carbonyl (C=O) groups is 1. The van der Waals surface area contributed by atoms with Crippen molar-refractivity contribution in [3.05, 3.63) is 24.0 Å². The zero-order chi connectivity index (χ0) is 8.81. The van der Waals surface area contributed by atoms with Crippen LogP contribution in [-0.4, -0.2) is 11.3 Å². The third-order valence-electron chi connectivity index (χ3n) is 1.71. The second kappa shape index (κ2) is 4.49. The van der Waals surface area contributed by atoms with Gasteiger partial charge in [-0.1, -0.05) is 0 Å². The Hall–Kier alpha value is -1.38. The SMILES string of the molecule is Nc1ccncc1CCCC=O. The molecule has 64 valence electrons. The lowest BCUT2D eigenvalue weighted by Gasteiger charge is -2.01. The number of nitrogens with two attached hydrogens (primary N) is 1. The molecule has 12 heavy (non-hydrogen) atoms. The molecule has 0 fully saturated rings. The number of pyridine rings is 1. The van der Waals surface area contributed by atoms with Crippen LogP contribution in [0.25, 0.3) is 0 Å². The Kier molecular flexibility index (Phi) is 3.26. The van der Waals surface area contributed by atoms with Crippen LogP contribution in [-0.2, 0) is 11.2 Å². The van der Waals surface area contributed by atoms with Crippen molar-refractivity contribution in [1.29, 1.82) is 0 Å². The van der Waals surface area contributed by atoms with Gasteiger partial charge in [0.2, 0.25) is 0 Å². The fraction of sp³-hybridized carbons (Fsp3) is 0.333. The van der Waals surface area contributed by atoms with E-state index in [9.17, 15) is 4.79 Å². The molecule has 1 aromatic rings. The van der Waals surface area contributed by atoms with E-state index in [-0.39, 0.29) is 0 Å². The Balaban J connectivity index is 2.51. The van der Waals surface area contributed by atoms with E-state index in [4.69, 9.17) is 5.73 Å². The number of carbonyl (C=O) groups excluding carboxylic acids is 1. The summed E-state index contributed by atoms with van der Waals surface area (Å²) >= 11 is 0. The molecular formula is C9H12N2O. The molecule has 0 aromatic carbocycles. The van der Waals surface area contributed by atoms with Crippen LogP contribution in [0.1, 0.15) is 18.4 Å². The van der Waals surface area contributed by atoms with Crippen molar-refractivity contribution in [2.45, 2.75) is 19.3 Å². The number of unbranched alkanes of at least 4 members (excludes halogenated alkanes) is 1. The zero-order valence-electron chi connectivity index (χ0n) is 6.86. The summed E-state index contributed by atoms with van der Waals surface area (Å²) in [6.45, 7) is 0. The van der Waals surface area contributed by atoms with Crippen LogP contribution in [0.4, 0.5) is 5.69 Å². The number of nitrogens with zero attached hydrogens (tertiary/aromatic N) is 1. The molecule has 0 unspecified atom stereocenters. The van der Waals surface area contributed by atoms with E-state index in [1.54, 1.807) is 18.5 Å². The Morgan fingerprint density at radius 1 is 1.58 bits per heavy atom. The summed E-state index contributed by atoms with van der Waals surface area (Å²) in [4.78, 5) is 14.0.